The molecule has 5 heteroatoms. The van der Waals surface area contributed by atoms with E-state index in [1.165, 1.54) is 0 Å². The highest BCUT2D eigenvalue weighted by Crippen LogP contribution is 2.27. The van der Waals surface area contributed by atoms with Crippen molar-refractivity contribution in [1.29, 1.82) is 0 Å². The highest BCUT2D eigenvalue weighted by Gasteiger charge is 2.37. The lowest BCUT2D eigenvalue weighted by Gasteiger charge is -2.34. The van der Waals surface area contributed by atoms with Crippen molar-refractivity contribution >= 4 is 23.1 Å². The number of likely N-dealkylation sites (tertiary alicyclic amines) is 1. The fraction of sp³-hybridized carbons (Fsp3) is 0.846. The molecule has 0 aliphatic carbocycles. The minimum atomic E-state index is 0.0418. The Morgan fingerprint density at radius 3 is 2.94 bits per heavy atom. The summed E-state index contributed by atoms with van der Waals surface area (Å²) in [5, 5.41) is 0. The fourth-order valence-corrected chi connectivity index (χ4v) is 3.17. The first-order chi connectivity index (χ1) is 8.63. The van der Waals surface area contributed by atoms with Crippen molar-refractivity contribution in [1.82, 2.24) is 4.90 Å². The molecule has 3 atom stereocenters. The number of hydrogen-bond donors (Lipinski definition) is 1. The topological polar surface area (TPSA) is 55.6 Å². The first-order valence-electron chi connectivity index (χ1n) is 6.83. The predicted octanol–water partition coefficient (Wildman–Crippen LogP) is 1.33. The fourth-order valence-electron chi connectivity index (χ4n) is 2.98. The van der Waals surface area contributed by atoms with Crippen LogP contribution in [0.15, 0.2) is 0 Å². The van der Waals surface area contributed by atoms with E-state index in [9.17, 15) is 4.79 Å². The summed E-state index contributed by atoms with van der Waals surface area (Å²) in [5.74, 6) is 0.473. The van der Waals surface area contributed by atoms with Crippen LogP contribution in [0.1, 0.15) is 32.6 Å². The molecule has 102 valence electrons. The van der Waals surface area contributed by atoms with Crippen LogP contribution in [0.4, 0.5) is 0 Å². The van der Waals surface area contributed by atoms with Crippen LogP contribution in [0.3, 0.4) is 0 Å². The van der Waals surface area contributed by atoms with Gasteiger partial charge in [0.25, 0.3) is 0 Å². The SMILES string of the molecule is CCC1OCCC1C(=O)N1CCCC(C(N)=S)C1. The molecule has 0 aromatic heterocycles. The van der Waals surface area contributed by atoms with Crippen LogP contribution in [-0.4, -0.2) is 41.6 Å². The minimum absolute atomic E-state index is 0.0418. The molecule has 2 rings (SSSR count). The van der Waals surface area contributed by atoms with E-state index in [0.717, 1.165) is 32.2 Å². The molecule has 2 aliphatic heterocycles. The zero-order valence-corrected chi connectivity index (χ0v) is 11.7. The van der Waals surface area contributed by atoms with Gasteiger partial charge in [-0.2, -0.15) is 0 Å². The molecule has 4 nitrogen and oxygen atoms in total. The number of hydrogen-bond acceptors (Lipinski definition) is 3. The van der Waals surface area contributed by atoms with Crippen LogP contribution in [0.5, 0.6) is 0 Å². The van der Waals surface area contributed by atoms with Gasteiger partial charge in [-0.05, 0) is 25.7 Å². The lowest BCUT2D eigenvalue weighted by atomic mass is 9.93. The third kappa shape index (κ3) is 2.83. The molecule has 0 saturated carbocycles. The molecule has 18 heavy (non-hydrogen) atoms. The second kappa shape index (κ2) is 5.97. The Bertz CT molecular complexity index is 335. The van der Waals surface area contributed by atoms with Crippen molar-refractivity contribution < 1.29 is 9.53 Å². The smallest absolute Gasteiger partial charge is 0.228 e. The van der Waals surface area contributed by atoms with Gasteiger partial charge < -0.3 is 15.4 Å². The monoisotopic (exact) mass is 270 g/mol. The lowest BCUT2D eigenvalue weighted by Crippen LogP contribution is -2.47. The molecule has 2 aliphatic rings. The van der Waals surface area contributed by atoms with Gasteiger partial charge in [0, 0.05) is 25.6 Å². The van der Waals surface area contributed by atoms with Gasteiger partial charge in [0.2, 0.25) is 5.91 Å². The molecule has 0 spiro atoms. The molecule has 0 radical (unpaired) electrons. The Labute approximate surface area is 114 Å². The van der Waals surface area contributed by atoms with Gasteiger partial charge in [0.05, 0.1) is 17.0 Å². The summed E-state index contributed by atoms with van der Waals surface area (Å²) >= 11 is 5.05. The number of piperidine rings is 1. The number of thiocarbonyl (C=S) groups is 1. The van der Waals surface area contributed by atoms with E-state index in [-0.39, 0.29) is 23.8 Å². The molecular weight excluding hydrogens is 248 g/mol. The molecule has 0 aromatic rings. The van der Waals surface area contributed by atoms with Crippen LogP contribution in [0, 0.1) is 11.8 Å². The molecule has 2 saturated heterocycles. The van der Waals surface area contributed by atoms with E-state index >= 15 is 0 Å². The summed E-state index contributed by atoms with van der Waals surface area (Å²) in [6, 6.07) is 0. The van der Waals surface area contributed by atoms with Gasteiger partial charge >= 0.3 is 0 Å². The highest BCUT2D eigenvalue weighted by atomic mass is 32.1. The van der Waals surface area contributed by atoms with Gasteiger partial charge in [0.15, 0.2) is 0 Å². The van der Waals surface area contributed by atoms with Crippen molar-refractivity contribution in [2.24, 2.45) is 17.6 Å². The summed E-state index contributed by atoms with van der Waals surface area (Å²) in [7, 11) is 0. The quantitative estimate of drug-likeness (QED) is 0.786. The number of amides is 1. The van der Waals surface area contributed by atoms with Crippen molar-refractivity contribution in [3.05, 3.63) is 0 Å². The third-order valence-corrected chi connectivity index (χ3v) is 4.40. The maximum absolute atomic E-state index is 12.5. The van der Waals surface area contributed by atoms with E-state index in [2.05, 4.69) is 6.92 Å². The average Bonchev–Trinajstić information content (AvgIpc) is 2.86. The van der Waals surface area contributed by atoms with Crippen LogP contribution in [-0.2, 0) is 9.53 Å². The maximum atomic E-state index is 12.5. The van der Waals surface area contributed by atoms with Crippen LogP contribution in [0.2, 0.25) is 0 Å². The highest BCUT2D eigenvalue weighted by molar-refractivity contribution is 7.80. The first kappa shape index (κ1) is 13.7. The molecule has 1 amide bonds. The molecule has 0 aromatic carbocycles. The van der Waals surface area contributed by atoms with Crippen molar-refractivity contribution in [2.45, 2.75) is 38.7 Å². The second-order valence-corrected chi connectivity index (χ2v) is 5.71. The van der Waals surface area contributed by atoms with E-state index in [1.54, 1.807) is 0 Å². The zero-order valence-electron chi connectivity index (χ0n) is 10.9. The zero-order chi connectivity index (χ0) is 13.1. The molecule has 2 N–H and O–H groups in total. The standard InChI is InChI=1S/C13H22N2O2S/c1-2-11-10(5-7-17-11)13(16)15-6-3-4-9(8-15)12(14)18/h9-11H,2-8H2,1H3,(H2,14,18). The number of ether oxygens (including phenoxy) is 1. The van der Waals surface area contributed by atoms with Gasteiger partial charge in [-0.25, -0.2) is 0 Å². The van der Waals surface area contributed by atoms with Gasteiger partial charge in [0.1, 0.15) is 0 Å². The Kier molecular flexibility index (Phi) is 4.56. The number of nitrogens with zero attached hydrogens (tertiary/aromatic N) is 1. The van der Waals surface area contributed by atoms with Crippen LogP contribution < -0.4 is 5.73 Å². The molecule has 3 unspecified atom stereocenters. The summed E-state index contributed by atoms with van der Waals surface area (Å²) < 4.78 is 5.60. The largest absolute Gasteiger partial charge is 0.393 e. The van der Waals surface area contributed by atoms with Crippen LogP contribution >= 0.6 is 12.2 Å². The van der Waals surface area contributed by atoms with Gasteiger partial charge in [-0.15, -0.1) is 0 Å². The summed E-state index contributed by atoms with van der Waals surface area (Å²) in [6.07, 6.45) is 3.87. The Morgan fingerprint density at radius 1 is 1.50 bits per heavy atom. The molecule has 0 bridgehead atoms. The number of carbonyl (C=O) groups is 1. The molecular formula is C13H22N2O2S. The lowest BCUT2D eigenvalue weighted by molar-refractivity contribution is -0.138. The Balaban J connectivity index is 1.98. The van der Waals surface area contributed by atoms with Gasteiger partial charge in [-0.3, -0.25) is 4.79 Å². The van der Waals surface area contributed by atoms with Crippen LogP contribution in [0.25, 0.3) is 0 Å². The van der Waals surface area contributed by atoms with E-state index in [4.69, 9.17) is 22.7 Å². The summed E-state index contributed by atoms with van der Waals surface area (Å²) in [4.78, 5) is 15.0. The Morgan fingerprint density at radius 2 is 2.28 bits per heavy atom. The second-order valence-electron chi connectivity index (χ2n) is 5.24. The number of carbonyl (C=O) groups excluding carboxylic acids is 1. The van der Waals surface area contributed by atoms with E-state index < -0.39 is 0 Å². The maximum Gasteiger partial charge on any atom is 0.228 e. The normalized spacial score (nSPS) is 32.5. The van der Waals surface area contributed by atoms with E-state index in [0.29, 0.717) is 18.1 Å². The average molecular weight is 270 g/mol. The van der Waals surface area contributed by atoms with E-state index in [1.807, 2.05) is 4.90 Å². The summed E-state index contributed by atoms with van der Waals surface area (Å²) in [6.45, 7) is 4.32. The first-order valence-corrected chi connectivity index (χ1v) is 7.24. The molecule has 2 heterocycles. The predicted molar refractivity (Wildman–Crippen MR) is 74.2 cm³/mol. The third-order valence-electron chi connectivity index (χ3n) is 4.06. The number of rotatable bonds is 3. The van der Waals surface area contributed by atoms with Crippen molar-refractivity contribution in [3.8, 4) is 0 Å². The Hall–Kier alpha value is -0.680. The minimum Gasteiger partial charge on any atom is -0.393 e. The summed E-state index contributed by atoms with van der Waals surface area (Å²) in [5.41, 5.74) is 5.71. The number of nitrogens with two attached hydrogens (primary N) is 1. The van der Waals surface area contributed by atoms with Crippen molar-refractivity contribution in [2.75, 3.05) is 19.7 Å². The molecule has 2 fully saturated rings. The van der Waals surface area contributed by atoms with Gasteiger partial charge in [-0.1, -0.05) is 19.1 Å². The van der Waals surface area contributed by atoms with Crippen molar-refractivity contribution in [3.63, 3.8) is 0 Å².